The maximum Gasteiger partial charge on any atom is 0.317 e. The van der Waals surface area contributed by atoms with Crippen molar-refractivity contribution in [3.8, 4) is 5.75 Å². The molecule has 0 aliphatic carbocycles. The maximum absolute atomic E-state index is 13.4. The van der Waals surface area contributed by atoms with Crippen molar-refractivity contribution in [1.82, 2.24) is 14.5 Å². The number of likely N-dealkylation sites (tertiary alicyclic amines) is 1. The molecule has 0 aromatic heterocycles. The fourth-order valence-corrected chi connectivity index (χ4v) is 5.86. The molecule has 1 saturated heterocycles. The SMILES string of the molecule is CC(C)CN1[C@@H]2CCN(C(=O)NC(C)C)CC[C@H]2Oc2ccccc2S1(=O)=O. The van der Waals surface area contributed by atoms with Crippen molar-refractivity contribution in [3.05, 3.63) is 24.3 Å². The molecule has 7 nitrogen and oxygen atoms in total. The minimum Gasteiger partial charge on any atom is -0.487 e. The Morgan fingerprint density at radius 2 is 1.86 bits per heavy atom. The van der Waals surface area contributed by atoms with Crippen LogP contribution in [0.15, 0.2) is 29.2 Å². The monoisotopic (exact) mass is 409 g/mol. The number of amides is 2. The smallest absolute Gasteiger partial charge is 0.317 e. The van der Waals surface area contributed by atoms with E-state index in [-0.39, 0.29) is 35.0 Å². The van der Waals surface area contributed by atoms with E-state index in [9.17, 15) is 13.2 Å². The molecule has 2 aliphatic heterocycles. The summed E-state index contributed by atoms with van der Waals surface area (Å²) in [5.41, 5.74) is 0. The second-order valence-corrected chi connectivity index (χ2v) is 10.2. The summed E-state index contributed by atoms with van der Waals surface area (Å²) < 4.78 is 34.7. The molecule has 2 atom stereocenters. The van der Waals surface area contributed by atoms with Gasteiger partial charge in [-0.2, -0.15) is 4.31 Å². The number of carbonyl (C=O) groups excluding carboxylic acids is 1. The van der Waals surface area contributed by atoms with E-state index in [1.54, 1.807) is 33.5 Å². The third-order valence-corrected chi connectivity index (χ3v) is 7.07. The normalized spacial score (nSPS) is 24.7. The summed E-state index contributed by atoms with van der Waals surface area (Å²) in [6, 6.07) is 6.51. The third-order valence-electron chi connectivity index (χ3n) is 5.14. The van der Waals surface area contributed by atoms with Crippen LogP contribution in [-0.2, 0) is 10.0 Å². The Bertz CT molecular complexity index is 809. The summed E-state index contributed by atoms with van der Waals surface area (Å²) in [6.07, 6.45) is 0.860. The maximum atomic E-state index is 13.4. The molecule has 2 aliphatic rings. The number of fused-ring (bicyclic) bond motifs is 2. The van der Waals surface area contributed by atoms with Crippen molar-refractivity contribution >= 4 is 16.1 Å². The molecule has 0 bridgehead atoms. The van der Waals surface area contributed by atoms with Crippen molar-refractivity contribution in [1.29, 1.82) is 0 Å². The fourth-order valence-electron chi connectivity index (χ4n) is 3.89. The number of benzene rings is 1. The van der Waals surface area contributed by atoms with E-state index in [0.29, 0.717) is 38.2 Å². The first kappa shape index (κ1) is 20.9. The van der Waals surface area contributed by atoms with Crippen molar-refractivity contribution in [2.24, 2.45) is 5.92 Å². The van der Waals surface area contributed by atoms with Crippen molar-refractivity contribution in [2.45, 2.75) is 63.6 Å². The predicted molar refractivity (Wildman–Crippen MR) is 108 cm³/mol. The van der Waals surface area contributed by atoms with Crippen LogP contribution in [0.1, 0.15) is 40.5 Å². The van der Waals surface area contributed by atoms with Gasteiger partial charge in [-0.25, -0.2) is 13.2 Å². The van der Waals surface area contributed by atoms with E-state index < -0.39 is 10.0 Å². The first-order valence-corrected chi connectivity index (χ1v) is 11.5. The quantitative estimate of drug-likeness (QED) is 0.832. The molecule has 0 unspecified atom stereocenters. The molecule has 8 heteroatoms. The summed E-state index contributed by atoms with van der Waals surface area (Å²) in [4.78, 5) is 14.5. The van der Waals surface area contributed by atoms with Gasteiger partial charge >= 0.3 is 6.03 Å². The molecular weight excluding hydrogens is 378 g/mol. The molecule has 0 radical (unpaired) electrons. The van der Waals surface area contributed by atoms with Gasteiger partial charge in [-0.05, 0) is 38.3 Å². The Kier molecular flexibility index (Phi) is 6.19. The van der Waals surface area contributed by atoms with E-state index in [4.69, 9.17) is 4.74 Å². The Morgan fingerprint density at radius 1 is 1.18 bits per heavy atom. The highest BCUT2D eigenvalue weighted by atomic mass is 32.2. The molecule has 2 amide bonds. The predicted octanol–water partition coefficient (Wildman–Crippen LogP) is 2.68. The van der Waals surface area contributed by atoms with E-state index in [1.165, 1.54) is 0 Å². The van der Waals surface area contributed by atoms with Gasteiger partial charge in [0, 0.05) is 32.1 Å². The number of rotatable bonds is 3. The summed E-state index contributed by atoms with van der Waals surface area (Å²) in [6.45, 7) is 9.36. The molecule has 0 spiro atoms. The lowest BCUT2D eigenvalue weighted by Gasteiger charge is -2.32. The first-order valence-electron chi connectivity index (χ1n) is 10.0. The Balaban J connectivity index is 1.94. The summed E-state index contributed by atoms with van der Waals surface area (Å²) in [5, 5.41) is 2.92. The molecule has 1 fully saturated rings. The summed E-state index contributed by atoms with van der Waals surface area (Å²) >= 11 is 0. The van der Waals surface area contributed by atoms with Crippen LogP contribution in [0.25, 0.3) is 0 Å². The zero-order chi connectivity index (χ0) is 20.5. The van der Waals surface area contributed by atoms with Gasteiger partial charge in [-0.1, -0.05) is 26.0 Å². The van der Waals surface area contributed by atoms with Crippen LogP contribution < -0.4 is 10.1 Å². The Labute approximate surface area is 168 Å². The molecule has 1 aromatic rings. The topological polar surface area (TPSA) is 79.0 Å². The Hall–Kier alpha value is -1.80. The van der Waals surface area contributed by atoms with Gasteiger partial charge in [0.15, 0.2) is 0 Å². The van der Waals surface area contributed by atoms with Crippen LogP contribution >= 0.6 is 0 Å². The average Bonchev–Trinajstić information content (AvgIpc) is 2.85. The van der Waals surface area contributed by atoms with Crippen LogP contribution in [0.5, 0.6) is 5.75 Å². The standard InChI is InChI=1S/C20H31N3O4S/c1-14(2)13-23-16-9-11-22(20(24)21-15(3)4)12-10-17(16)27-18-7-5-6-8-19(18)28(23,25)26/h5-8,14-17H,9-13H2,1-4H3,(H,21,24)/t16-,17-/m1/s1. The Morgan fingerprint density at radius 3 is 2.54 bits per heavy atom. The molecule has 156 valence electrons. The summed E-state index contributed by atoms with van der Waals surface area (Å²) in [5.74, 6) is 0.591. The lowest BCUT2D eigenvalue weighted by molar-refractivity contribution is 0.108. The van der Waals surface area contributed by atoms with Gasteiger partial charge in [-0.3, -0.25) is 0 Å². The number of sulfonamides is 1. The molecule has 2 heterocycles. The average molecular weight is 410 g/mol. The minimum absolute atomic E-state index is 0.0576. The van der Waals surface area contributed by atoms with Gasteiger partial charge in [-0.15, -0.1) is 0 Å². The lowest BCUT2D eigenvalue weighted by atomic mass is 10.0. The highest BCUT2D eigenvalue weighted by Crippen LogP contribution is 2.36. The van der Waals surface area contributed by atoms with Gasteiger partial charge in [0.2, 0.25) is 10.0 Å². The number of hydrogen-bond donors (Lipinski definition) is 1. The van der Waals surface area contributed by atoms with E-state index >= 15 is 0 Å². The lowest BCUT2D eigenvalue weighted by Crippen LogP contribution is -2.48. The first-order chi connectivity index (χ1) is 13.2. The van der Waals surface area contributed by atoms with Crippen LogP contribution in [-0.4, -0.2) is 61.5 Å². The van der Waals surface area contributed by atoms with E-state index in [2.05, 4.69) is 5.32 Å². The number of carbonyl (C=O) groups is 1. The van der Waals surface area contributed by atoms with Crippen LogP contribution in [0.2, 0.25) is 0 Å². The second-order valence-electron chi connectivity index (χ2n) is 8.31. The number of hydrogen-bond acceptors (Lipinski definition) is 4. The number of nitrogens with zero attached hydrogens (tertiary/aromatic N) is 2. The second kappa shape index (κ2) is 8.29. The number of para-hydroxylation sites is 1. The molecule has 0 saturated carbocycles. The number of urea groups is 1. The third kappa shape index (κ3) is 4.27. The zero-order valence-corrected chi connectivity index (χ0v) is 17.9. The molecule has 28 heavy (non-hydrogen) atoms. The minimum atomic E-state index is -3.67. The fraction of sp³-hybridized carbons (Fsp3) is 0.650. The van der Waals surface area contributed by atoms with E-state index in [1.807, 2.05) is 27.7 Å². The van der Waals surface area contributed by atoms with Crippen LogP contribution in [0, 0.1) is 5.92 Å². The van der Waals surface area contributed by atoms with E-state index in [0.717, 1.165) is 0 Å². The van der Waals surface area contributed by atoms with Crippen molar-refractivity contribution < 1.29 is 17.9 Å². The van der Waals surface area contributed by atoms with Gasteiger partial charge < -0.3 is 15.0 Å². The van der Waals surface area contributed by atoms with Gasteiger partial charge in [0.05, 0.1) is 6.04 Å². The van der Waals surface area contributed by atoms with Crippen molar-refractivity contribution in [3.63, 3.8) is 0 Å². The highest BCUT2D eigenvalue weighted by Gasteiger charge is 2.43. The molecule has 3 rings (SSSR count). The van der Waals surface area contributed by atoms with Crippen LogP contribution in [0.3, 0.4) is 0 Å². The van der Waals surface area contributed by atoms with Gasteiger partial charge in [0.25, 0.3) is 0 Å². The zero-order valence-electron chi connectivity index (χ0n) is 17.1. The number of nitrogens with one attached hydrogen (secondary N) is 1. The highest BCUT2D eigenvalue weighted by molar-refractivity contribution is 7.89. The van der Waals surface area contributed by atoms with Crippen molar-refractivity contribution in [2.75, 3.05) is 19.6 Å². The molecule has 1 N–H and O–H groups in total. The summed E-state index contributed by atoms with van der Waals surface area (Å²) in [7, 11) is -3.67. The molecular formula is C20H31N3O4S. The molecule has 1 aromatic carbocycles. The van der Waals surface area contributed by atoms with Gasteiger partial charge in [0.1, 0.15) is 16.7 Å². The number of ether oxygens (including phenoxy) is 1. The van der Waals surface area contributed by atoms with Crippen LogP contribution in [0.4, 0.5) is 4.79 Å². The largest absolute Gasteiger partial charge is 0.487 e.